The molecule has 0 aliphatic heterocycles. The highest BCUT2D eigenvalue weighted by Gasteiger charge is 2.40. The van der Waals surface area contributed by atoms with Gasteiger partial charge in [-0.1, -0.05) is 20.3 Å². The van der Waals surface area contributed by atoms with E-state index in [2.05, 4.69) is 31.4 Å². The molecule has 0 atom stereocenters. The normalized spacial score (nSPS) is 23.8. The van der Waals surface area contributed by atoms with Crippen LogP contribution in [0.4, 0.5) is 0 Å². The molecule has 0 bridgehead atoms. The third kappa shape index (κ3) is 3.16. The predicted molar refractivity (Wildman–Crippen MR) is 74.2 cm³/mol. The second-order valence-corrected chi connectivity index (χ2v) is 6.71. The summed E-state index contributed by atoms with van der Waals surface area (Å²) in [6.45, 7) is 7.32. The van der Waals surface area contributed by atoms with Crippen LogP contribution in [0, 0.1) is 11.3 Å². The smallest absolute Gasteiger partial charge is 0.00966 e. The monoisotopic (exact) mass is 241 g/mol. The van der Waals surface area contributed by atoms with E-state index in [-0.39, 0.29) is 0 Å². The van der Waals surface area contributed by atoms with Gasteiger partial charge in [-0.3, -0.25) is 4.90 Å². The topological polar surface area (TPSA) is 3.24 Å². The van der Waals surface area contributed by atoms with Gasteiger partial charge in [-0.05, 0) is 55.7 Å². The molecule has 2 fully saturated rings. The molecule has 0 radical (unpaired) electrons. The maximum atomic E-state index is 4.58. The Morgan fingerprint density at radius 1 is 1.31 bits per heavy atom. The average molecular weight is 241 g/mol. The third-order valence-electron chi connectivity index (χ3n) is 4.35. The van der Waals surface area contributed by atoms with Crippen molar-refractivity contribution in [1.29, 1.82) is 0 Å². The Bertz CT molecular complexity index is 213. The van der Waals surface area contributed by atoms with Gasteiger partial charge in [0.05, 0.1) is 0 Å². The van der Waals surface area contributed by atoms with Crippen LogP contribution >= 0.6 is 12.6 Å². The molecule has 0 aromatic rings. The summed E-state index contributed by atoms with van der Waals surface area (Å²) in [5.74, 6) is 1.94. The van der Waals surface area contributed by atoms with Gasteiger partial charge in [-0.2, -0.15) is 12.6 Å². The lowest BCUT2D eigenvalue weighted by Crippen LogP contribution is -2.45. The van der Waals surface area contributed by atoms with Crippen LogP contribution in [0.2, 0.25) is 0 Å². The predicted octanol–water partition coefficient (Wildman–Crippen LogP) is 3.60. The van der Waals surface area contributed by atoms with E-state index in [1.165, 1.54) is 51.6 Å². The van der Waals surface area contributed by atoms with Crippen LogP contribution in [0.25, 0.3) is 0 Å². The molecule has 2 heteroatoms. The van der Waals surface area contributed by atoms with E-state index in [0.717, 1.165) is 17.7 Å². The molecule has 0 aromatic heterocycles. The molecular formula is C14H27NS. The molecule has 1 nitrogen and oxygen atoms in total. The highest BCUT2D eigenvalue weighted by molar-refractivity contribution is 7.80. The van der Waals surface area contributed by atoms with Crippen LogP contribution in [0.5, 0.6) is 0 Å². The average Bonchev–Trinajstić information content (AvgIpc) is 2.99. The molecule has 16 heavy (non-hydrogen) atoms. The Labute approximate surface area is 106 Å². The van der Waals surface area contributed by atoms with E-state index < -0.39 is 0 Å². The molecule has 0 aromatic carbocycles. The minimum atomic E-state index is 0.586. The van der Waals surface area contributed by atoms with Crippen molar-refractivity contribution in [1.82, 2.24) is 4.90 Å². The van der Waals surface area contributed by atoms with Gasteiger partial charge in [0.25, 0.3) is 0 Å². The summed E-state index contributed by atoms with van der Waals surface area (Å²) in [6, 6.07) is 0.927. The second-order valence-electron chi connectivity index (χ2n) is 6.40. The fourth-order valence-corrected chi connectivity index (χ4v) is 3.14. The van der Waals surface area contributed by atoms with Gasteiger partial charge in [0.1, 0.15) is 0 Å². The zero-order chi connectivity index (χ0) is 11.6. The quantitative estimate of drug-likeness (QED) is 0.667. The van der Waals surface area contributed by atoms with Gasteiger partial charge in [0.2, 0.25) is 0 Å². The minimum Gasteiger partial charge on any atom is -0.300 e. The Kier molecular flexibility index (Phi) is 4.23. The molecule has 0 N–H and O–H groups in total. The van der Waals surface area contributed by atoms with Gasteiger partial charge < -0.3 is 0 Å². The first-order valence-corrected chi connectivity index (χ1v) is 7.63. The molecule has 0 saturated heterocycles. The van der Waals surface area contributed by atoms with E-state index in [1.54, 1.807) is 0 Å². The highest BCUT2D eigenvalue weighted by Crippen LogP contribution is 2.44. The molecule has 2 aliphatic rings. The summed E-state index contributed by atoms with van der Waals surface area (Å²) in [5, 5.41) is 0. The third-order valence-corrected chi connectivity index (χ3v) is 5.02. The first-order valence-electron chi connectivity index (χ1n) is 7.00. The molecule has 2 rings (SSSR count). The number of hydrogen-bond acceptors (Lipinski definition) is 2. The molecule has 0 amide bonds. The van der Waals surface area contributed by atoms with Gasteiger partial charge in [0.15, 0.2) is 0 Å². The second kappa shape index (κ2) is 5.30. The van der Waals surface area contributed by atoms with Crippen molar-refractivity contribution in [2.24, 2.45) is 11.3 Å². The molecule has 2 saturated carbocycles. The van der Waals surface area contributed by atoms with E-state index in [4.69, 9.17) is 0 Å². The van der Waals surface area contributed by atoms with Crippen molar-refractivity contribution in [3.8, 4) is 0 Å². The first kappa shape index (κ1) is 12.8. The molecule has 0 heterocycles. The summed E-state index contributed by atoms with van der Waals surface area (Å²) in [5.41, 5.74) is 0.586. The summed E-state index contributed by atoms with van der Waals surface area (Å²) < 4.78 is 0. The van der Waals surface area contributed by atoms with Crippen LogP contribution < -0.4 is 0 Å². The molecule has 94 valence electrons. The van der Waals surface area contributed by atoms with Gasteiger partial charge >= 0.3 is 0 Å². The summed E-state index contributed by atoms with van der Waals surface area (Å²) in [4.78, 5) is 2.77. The van der Waals surface area contributed by atoms with Crippen molar-refractivity contribution < 1.29 is 0 Å². The SMILES string of the molecule is CC(C)CCN(CC1(CS)CCC1)C1CC1. The summed E-state index contributed by atoms with van der Waals surface area (Å²) >= 11 is 4.58. The lowest BCUT2D eigenvalue weighted by molar-refractivity contribution is 0.0827. The van der Waals surface area contributed by atoms with Crippen molar-refractivity contribution in [3.63, 3.8) is 0 Å². The van der Waals surface area contributed by atoms with E-state index >= 15 is 0 Å². The summed E-state index contributed by atoms with van der Waals surface area (Å²) in [7, 11) is 0. The lowest BCUT2D eigenvalue weighted by atomic mass is 9.70. The van der Waals surface area contributed by atoms with Crippen LogP contribution in [0.1, 0.15) is 52.4 Å². The zero-order valence-electron chi connectivity index (χ0n) is 10.9. The minimum absolute atomic E-state index is 0.586. The first-order chi connectivity index (χ1) is 7.65. The van der Waals surface area contributed by atoms with Crippen LogP contribution in [-0.2, 0) is 0 Å². The van der Waals surface area contributed by atoms with Gasteiger partial charge in [-0.15, -0.1) is 0 Å². The maximum Gasteiger partial charge on any atom is 0.00966 e. The standard InChI is InChI=1S/C14H27NS/c1-12(2)6-9-15(13-4-5-13)10-14(11-16)7-3-8-14/h12-13,16H,3-11H2,1-2H3. The fourth-order valence-electron chi connectivity index (χ4n) is 2.73. The Morgan fingerprint density at radius 2 is 2.00 bits per heavy atom. The van der Waals surface area contributed by atoms with E-state index in [9.17, 15) is 0 Å². The molecule has 0 spiro atoms. The van der Waals surface area contributed by atoms with Crippen molar-refractivity contribution >= 4 is 12.6 Å². The largest absolute Gasteiger partial charge is 0.300 e. The Morgan fingerprint density at radius 3 is 2.38 bits per heavy atom. The maximum absolute atomic E-state index is 4.58. The fraction of sp³-hybridized carbons (Fsp3) is 1.00. The van der Waals surface area contributed by atoms with E-state index in [0.29, 0.717) is 5.41 Å². The molecular weight excluding hydrogens is 214 g/mol. The Hall–Kier alpha value is 0.310. The zero-order valence-corrected chi connectivity index (χ0v) is 11.8. The number of hydrogen-bond donors (Lipinski definition) is 1. The van der Waals surface area contributed by atoms with Crippen molar-refractivity contribution in [2.75, 3.05) is 18.8 Å². The molecule has 2 aliphatic carbocycles. The van der Waals surface area contributed by atoms with E-state index in [1.807, 2.05) is 0 Å². The van der Waals surface area contributed by atoms with Crippen molar-refractivity contribution in [3.05, 3.63) is 0 Å². The number of nitrogens with zero attached hydrogens (tertiary/aromatic N) is 1. The lowest BCUT2D eigenvalue weighted by Gasteiger charge is -2.44. The van der Waals surface area contributed by atoms with Crippen LogP contribution in [0.15, 0.2) is 0 Å². The summed E-state index contributed by atoms with van der Waals surface area (Å²) in [6.07, 6.45) is 8.52. The van der Waals surface area contributed by atoms with Gasteiger partial charge in [0, 0.05) is 12.6 Å². The Balaban J connectivity index is 1.82. The van der Waals surface area contributed by atoms with Crippen molar-refractivity contribution in [2.45, 2.75) is 58.4 Å². The van der Waals surface area contributed by atoms with Crippen LogP contribution in [-0.4, -0.2) is 29.8 Å². The molecule has 0 unspecified atom stereocenters. The number of rotatable bonds is 7. The van der Waals surface area contributed by atoms with Gasteiger partial charge in [-0.25, -0.2) is 0 Å². The number of thiol groups is 1. The van der Waals surface area contributed by atoms with Crippen LogP contribution in [0.3, 0.4) is 0 Å². The highest BCUT2D eigenvalue weighted by atomic mass is 32.1.